The second-order valence-electron chi connectivity index (χ2n) is 4.83. The van der Waals surface area contributed by atoms with Gasteiger partial charge in [0.05, 0.1) is 18.4 Å². The van der Waals surface area contributed by atoms with Crippen LogP contribution in [0, 0.1) is 6.92 Å². The molecule has 22 heavy (non-hydrogen) atoms. The van der Waals surface area contributed by atoms with Crippen LogP contribution in [0.25, 0.3) is 0 Å². The van der Waals surface area contributed by atoms with Crippen LogP contribution < -0.4 is 10.6 Å². The number of rotatable bonds is 5. The van der Waals surface area contributed by atoms with Crippen molar-refractivity contribution in [3.8, 4) is 0 Å². The molecule has 0 saturated heterocycles. The molecule has 0 saturated carbocycles. The van der Waals surface area contributed by atoms with Crippen LogP contribution in [-0.2, 0) is 6.54 Å². The van der Waals surface area contributed by atoms with Gasteiger partial charge in [-0.2, -0.15) is 10.1 Å². The lowest BCUT2D eigenvalue weighted by molar-refractivity contribution is 0.955. The first-order chi connectivity index (χ1) is 10.8. The first kappa shape index (κ1) is 13.9. The summed E-state index contributed by atoms with van der Waals surface area (Å²) in [4.78, 5) is 8.64. The predicted octanol–water partition coefficient (Wildman–Crippen LogP) is 2.93. The van der Waals surface area contributed by atoms with Gasteiger partial charge in [-0.3, -0.25) is 4.98 Å². The van der Waals surface area contributed by atoms with E-state index >= 15 is 0 Å². The highest BCUT2D eigenvalue weighted by molar-refractivity contribution is 5.55. The Balaban J connectivity index is 1.67. The molecule has 6 nitrogen and oxygen atoms in total. The van der Waals surface area contributed by atoms with Gasteiger partial charge in [0.15, 0.2) is 5.82 Å². The van der Waals surface area contributed by atoms with E-state index in [0.717, 1.165) is 11.4 Å². The molecule has 110 valence electrons. The van der Waals surface area contributed by atoms with Crippen molar-refractivity contribution in [2.45, 2.75) is 13.5 Å². The standard InChI is InChI=1S/C16H16N6/c1-12-5-4-7-13(9-12)20-16-21-15(11-19-22-16)18-10-14-6-2-3-8-17-14/h2-9,11H,10H2,1H3,(H2,18,20,21,22). The zero-order valence-electron chi connectivity index (χ0n) is 12.2. The molecule has 0 unspecified atom stereocenters. The van der Waals surface area contributed by atoms with E-state index < -0.39 is 0 Å². The van der Waals surface area contributed by atoms with E-state index in [0.29, 0.717) is 18.3 Å². The lowest BCUT2D eigenvalue weighted by Gasteiger charge is -2.07. The molecule has 0 spiro atoms. The molecule has 6 heteroatoms. The van der Waals surface area contributed by atoms with Crippen molar-refractivity contribution in [3.63, 3.8) is 0 Å². The van der Waals surface area contributed by atoms with Crippen molar-refractivity contribution in [1.29, 1.82) is 0 Å². The Labute approximate surface area is 128 Å². The van der Waals surface area contributed by atoms with E-state index in [2.05, 4.69) is 30.8 Å². The van der Waals surface area contributed by atoms with Crippen molar-refractivity contribution in [2.24, 2.45) is 0 Å². The Bertz CT molecular complexity index is 744. The lowest BCUT2D eigenvalue weighted by Crippen LogP contribution is -2.06. The summed E-state index contributed by atoms with van der Waals surface area (Å²) in [5.74, 6) is 1.10. The highest BCUT2D eigenvalue weighted by Gasteiger charge is 2.02. The molecule has 1 aromatic carbocycles. The molecule has 2 aromatic heterocycles. The fourth-order valence-electron chi connectivity index (χ4n) is 1.98. The third-order valence-corrected chi connectivity index (χ3v) is 3.01. The number of benzene rings is 1. The van der Waals surface area contributed by atoms with E-state index in [1.165, 1.54) is 5.56 Å². The van der Waals surface area contributed by atoms with Gasteiger partial charge in [-0.05, 0) is 36.8 Å². The summed E-state index contributed by atoms with van der Waals surface area (Å²) in [5, 5.41) is 14.3. The summed E-state index contributed by atoms with van der Waals surface area (Å²) >= 11 is 0. The Morgan fingerprint density at radius 2 is 2.05 bits per heavy atom. The van der Waals surface area contributed by atoms with E-state index in [4.69, 9.17) is 0 Å². The zero-order chi connectivity index (χ0) is 15.2. The summed E-state index contributed by atoms with van der Waals surface area (Å²) in [6, 6.07) is 13.8. The van der Waals surface area contributed by atoms with Crippen molar-refractivity contribution in [3.05, 3.63) is 66.1 Å². The maximum atomic E-state index is 4.39. The summed E-state index contributed by atoms with van der Waals surface area (Å²) in [5.41, 5.74) is 3.04. The second kappa shape index (κ2) is 6.62. The fourth-order valence-corrected chi connectivity index (χ4v) is 1.98. The number of hydrogen-bond donors (Lipinski definition) is 2. The number of hydrogen-bond acceptors (Lipinski definition) is 6. The Kier molecular flexibility index (Phi) is 4.20. The molecule has 0 aliphatic heterocycles. The molecular formula is C16H16N6. The van der Waals surface area contributed by atoms with Crippen LogP contribution in [0.1, 0.15) is 11.3 Å². The third-order valence-electron chi connectivity index (χ3n) is 3.01. The molecule has 2 N–H and O–H groups in total. The molecule has 2 heterocycles. The third kappa shape index (κ3) is 3.76. The summed E-state index contributed by atoms with van der Waals surface area (Å²) < 4.78 is 0. The zero-order valence-corrected chi connectivity index (χ0v) is 12.2. The molecule has 3 rings (SSSR count). The van der Waals surface area contributed by atoms with Crippen molar-refractivity contribution < 1.29 is 0 Å². The van der Waals surface area contributed by atoms with Crippen molar-refractivity contribution in [2.75, 3.05) is 10.6 Å². The average molecular weight is 292 g/mol. The number of nitrogens with zero attached hydrogens (tertiary/aromatic N) is 4. The van der Waals surface area contributed by atoms with Crippen LogP contribution in [0.3, 0.4) is 0 Å². The summed E-state index contributed by atoms with van der Waals surface area (Å²) in [6.45, 7) is 2.62. The molecule has 0 atom stereocenters. The maximum Gasteiger partial charge on any atom is 0.249 e. The molecule has 0 aliphatic carbocycles. The highest BCUT2D eigenvalue weighted by Crippen LogP contribution is 2.14. The number of anilines is 3. The van der Waals surface area contributed by atoms with Gasteiger partial charge in [0.2, 0.25) is 5.95 Å². The number of pyridine rings is 1. The minimum atomic E-state index is 0.455. The van der Waals surface area contributed by atoms with Crippen LogP contribution in [0.15, 0.2) is 54.9 Å². The predicted molar refractivity (Wildman–Crippen MR) is 85.9 cm³/mol. The Hall–Kier alpha value is -3.02. The summed E-state index contributed by atoms with van der Waals surface area (Å²) in [7, 11) is 0. The van der Waals surface area contributed by atoms with Gasteiger partial charge in [0.1, 0.15) is 0 Å². The van der Waals surface area contributed by atoms with Gasteiger partial charge < -0.3 is 10.6 Å². The van der Waals surface area contributed by atoms with Gasteiger partial charge in [0.25, 0.3) is 0 Å². The summed E-state index contributed by atoms with van der Waals surface area (Å²) in [6.07, 6.45) is 3.35. The highest BCUT2D eigenvalue weighted by atomic mass is 15.3. The number of nitrogens with one attached hydrogen (secondary N) is 2. The van der Waals surface area contributed by atoms with E-state index in [1.807, 2.05) is 49.4 Å². The molecule has 0 radical (unpaired) electrons. The monoisotopic (exact) mass is 292 g/mol. The molecule has 0 amide bonds. The van der Waals surface area contributed by atoms with Gasteiger partial charge >= 0.3 is 0 Å². The van der Waals surface area contributed by atoms with E-state index in [-0.39, 0.29) is 0 Å². The first-order valence-corrected chi connectivity index (χ1v) is 6.97. The number of aromatic nitrogens is 4. The van der Waals surface area contributed by atoms with Gasteiger partial charge in [-0.25, -0.2) is 0 Å². The molecule has 0 fully saturated rings. The second-order valence-corrected chi connectivity index (χ2v) is 4.83. The van der Waals surface area contributed by atoms with Gasteiger partial charge in [0, 0.05) is 11.9 Å². The number of aryl methyl sites for hydroxylation is 1. The minimum Gasteiger partial charge on any atom is -0.363 e. The molecule has 3 aromatic rings. The molecule has 0 bridgehead atoms. The Morgan fingerprint density at radius 3 is 2.86 bits per heavy atom. The average Bonchev–Trinajstić information content (AvgIpc) is 2.54. The van der Waals surface area contributed by atoms with Gasteiger partial charge in [-0.1, -0.05) is 18.2 Å². The van der Waals surface area contributed by atoms with E-state index in [9.17, 15) is 0 Å². The van der Waals surface area contributed by atoms with Crippen LogP contribution in [0.2, 0.25) is 0 Å². The topological polar surface area (TPSA) is 75.6 Å². The largest absolute Gasteiger partial charge is 0.363 e. The first-order valence-electron chi connectivity index (χ1n) is 6.97. The van der Waals surface area contributed by atoms with Crippen LogP contribution in [0.4, 0.5) is 17.5 Å². The van der Waals surface area contributed by atoms with Crippen LogP contribution in [0.5, 0.6) is 0 Å². The SMILES string of the molecule is Cc1cccc(Nc2nncc(NCc3ccccn3)n2)c1. The lowest BCUT2D eigenvalue weighted by atomic mass is 10.2. The molecular weight excluding hydrogens is 276 g/mol. The fraction of sp³-hybridized carbons (Fsp3) is 0.125. The van der Waals surface area contributed by atoms with E-state index in [1.54, 1.807) is 12.4 Å². The van der Waals surface area contributed by atoms with Crippen molar-refractivity contribution >= 4 is 17.5 Å². The minimum absolute atomic E-state index is 0.455. The van der Waals surface area contributed by atoms with Crippen LogP contribution >= 0.6 is 0 Å². The van der Waals surface area contributed by atoms with Gasteiger partial charge in [-0.15, -0.1) is 5.10 Å². The maximum absolute atomic E-state index is 4.39. The Morgan fingerprint density at radius 1 is 1.09 bits per heavy atom. The van der Waals surface area contributed by atoms with Crippen molar-refractivity contribution in [1.82, 2.24) is 20.2 Å². The molecule has 0 aliphatic rings. The normalized spacial score (nSPS) is 10.2. The van der Waals surface area contributed by atoms with Crippen LogP contribution in [-0.4, -0.2) is 20.2 Å². The smallest absolute Gasteiger partial charge is 0.249 e. The quantitative estimate of drug-likeness (QED) is 0.753.